The Morgan fingerprint density at radius 1 is 0.150 bits per heavy atom. The van der Waals surface area contributed by atoms with Crippen molar-refractivity contribution in [1.82, 2.24) is 0 Å². The van der Waals surface area contributed by atoms with Gasteiger partial charge in [0.1, 0.15) is 0 Å². The van der Waals surface area contributed by atoms with E-state index < -0.39 is 0 Å². The topological polar surface area (TPSA) is 0 Å². The molecule has 0 heteroatoms. The van der Waals surface area contributed by atoms with Gasteiger partial charge in [0.2, 0.25) is 0 Å². The van der Waals surface area contributed by atoms with Crippen molar-refractivity contribution in [2.75, 3.05) is 0 Å². The summed E-state index contributed by atoms with van der Waals surface area (Å²) in [5.41, 5.74) is 0. The van der Waals surface area contributed by atoms with Gasteiger partial charge in [-0.1, -0.05) is 175 Å². The van der Waals surface area contributed by atoms with Crippen LogP contribution in [0.3, 0.4) is 0 Å². The van der Waals surface area contributed by atoms with Crippen molar-refractivity contribution >= 4 is 0 Å². The molecule has 40 heavy (non-hydrogen) atoms. The van der Waals surface area contributed by atoms with Crippen LogP contribution in [0.25, 0.3) is 0 Å². The average molecular weight is 575 g/mol. The molecule has 0 aliphatic heterocycles. The van der Waals surface area contributed by atoms with Crippen LogP contribution in [-0.2, 0) is 0 Å². The Morgan fingerprint density at radius 3 is 0.325 bits per heavy atom. The van der Waals surface area contributed by atoms with E-state index in [9.17, 15) is 0 Å². The lowest BCUT2D eigenvalue weighted by Gasteiger charge is -2.34. The molecule has 0 bridgehead atoms. The van der Waals surface area contributed by atoms with E-state index in [1.54, 1.807) is 0 Å². The lowest BCUT2D eigenvalue weighted by atomic mass is 9.72. The highest BCUT2D eigenvalue weighted by Crippen LogP contribution is 2.34. The van der Waals surface area contributed by atoms with Crippen molar-refractivity contribution in [3.8, 4) is 0 Å². The molecule has 0 aromatic heterocycles. The van der Waals surface area contributed by atoms with Crippen LogP contribution in [0.5, 0.6) is 0 Å². The largest absolute Gasteiger partial charge is 0.0776 e. The standard InChI is InChI=1S/C14H30.C12H26.C10H22.4CH4/c1-9(2)11(5)13(7)14(8)12(6)10(3)4;1-8(2)10(5)12(7)11(6)9(3)4;1-7(2)9(5)10(6)8(3)4;;;;/h9-14H,1-8H3;8-12H,1-7H3;7-10H,1-6H3;4*1H4. The van der Waals surface area contributed by atoms with Gasteiger partial charge < -0.3 is 0 Å². The quantitative estimate of drug-likeness (QED) is 0.217. The molecule has 254 valence electrons. The van der Waals surface area contributed by atoms with Gasteiger partial charge in [0, 0.05) is 0 Å². The molecule has 0 aromatic rings. The summed E-state index contributed by atoms with van der Waals surface area (Å²) in [6.45, 7) is 49.4. The normalized spacial score (nSPS) is 17.8. The average Bonchev–Trinajstić information content (AvgIpc) is 2.79. The van der Waals surface area contributed by atoms with E-state index >= 15 is 0 Å². The third-order valence-electron chi connectivity index (χ3n) is 11.3. The van der Waals surface area contributed by atoms with Crippen molar-refractivity contribution in [1.29, 1.82) is 0 Å². The lowest BCUT2D eigenvalue weighted by molar-refractivity contribution is 0.150. The van der Waals surface area contributed by atoms with Gasteiger partial charge in [-0.15, -0.1) is 0 Å². The molecule has 0 heterocycles. The zero-order chi connectivity index (χ0) is 29.7. The fourth-order valence-electron chi connectivity index (χ4n) is 5.08. The van der Waals surface area contributed by atoms with E-state index in [4.69, 9.17) is 0 Å². The van der Waals surface area contributed by atoms with Gasteiger partial charge in [-0.2, -0.15) is 0 Å². The second-order valence-electron chi connectivity index (χ2n) is 15.2. The molecule has 0 aliphatic carbocycles. The Labute approximate surface area is 263 Å². The summed E-state index contributed by atoms with van der Waals surface area (Å²) in [4.78, 5) is 0. The summed E-state index contributed by atoms with van der Waals surface area (Å²) >= 11 is 0. The Kier molecular flexibility index (Phi) is 38.8. The molecule has 8 atom stereocenters. The molecular formula is C40H94. The van der Waals surface area contributed by atoms with Gasteiger partial charge in [0.25, 0.3) is 0 Å². The maximum Gasteiger partial charge on any atom is -0.0386 e. The van der Waals surface area contributed by atoms with Crippen LogP contribution in [0, 0.1) is 88.8 Å². The molecule has 0 saturated carbocycles. The highest BCUT2D eigenvalue weighted by Gasteiger charge is 2.27. The second-order valence-corrected chi connectivity index (χ2v) is 15.2. The van der Waals surface area contributed by atoms with E-state index in [1.165, 1.54) is 0 Å². The molecule has 0 aromatic carbocycles. The summed E-state index contributed by atoms with van der Waals surface area (Å²) in [5, 5.41) is 0. The Morgan fingerprint density at radius 2 is 0.225 bits per heavy atom. The first-order valence-electron chi connectivity index (χ1n) is 16.1. The fraction of sp³-hybridized carbons (Fsp3) is 1.00. The predicted octanol–water partition coefficient (Wildman–Crippen LogP) is 15.2. The summed E-state index contributed by atoms with van der Waals surface area (Å²) in [7, 11) is 0. The third kappa shape index (κ3) is 22.6. The Balaban J connectivity index is -0.0000000787. The second kappa shape index (κ2) is 27.8. The van der Waals surface area contributed by atoms with Crippen LogP contribution in [0.1, 0.15) is 175 Å². The maximum atomic E-state index is 2.42. The van der Waals surface area contributed by atoms with Gasteiger partial charge in [-0.05, 0) is 88.8 Å². The fourth-order valence-corrected chi connectivity index (χ4v) is 5.08. The van der Waals surface area contributed by atoms with Crippen molar-refractivity contribution in [2.24, 2.45) is 88.8 Å². The van der Waals surface area contributed by atoms with Crippen molar-refractivity contribution in [3.63, 3.8) is 0 Å². The van der Waals surface area contributed by atoms with Crippen molar-refractivity contribution < 1.29 is 0 Å². The molecular weight excluding hydrogens is 480 g/mol. The lowest BCUT2D eigenvalue weighted by Crippen LogP contribution is -2.27. The van der Waals surface area contributed by atoms with Crippen molar-refractivity contribution in [2.45, 2.75) is 175 Å². The highest BCUT2D eigenvalue weighted by molar-refractivity contribution is 4.76. The van der Waals surface area contributed by atoms with Gasteiger partial charge in [-0.25, -0.2) is 0 Å². The van der Waals surface area contributed by atoms with Crippen LogP contribution in [0.2, 0.25) is 0 Å². The van der Waals surface area contributed by atoms with Gasteiger partial charge in [-0.3, -0.25) is 0 Å². The zero-order valence-electron chi connectivity index (χ0n) is 29.7. The highest BCUT2D eigenvalue weighted by atomic mass is 14.3. The van der Waals surface area contributed by atoms with Crippen LogP contribution < -0.4 is 0 Å². The molecule has 0 saturated heterocycles. The summed E-state index contributed by atoms with van der Waals surface area (Å²) in [6.07, 6.45) is 0. The first-order chi connectivity index (χ1) is 16.1. The number of rotatable bonds is 12. The number of hydrogen-bond donors (Lipinski definition) is 0. The summed E-state index contributed by atoms with van der Waals surface area (Å²) in [5.74, 6) is 12.6. The summed E-state index contributed by atoms with van der Waals surface area (Å²) < 4.78 is 0. The van der Waals surface area contributed by atoms with E-state index in [1.807, 2.05) is 0 Å². The van der Waals surface area contributed by atoms with Crippen LogP contribution in [0.15, 0.2) is 0 Å². The molecule has 0 rings (SSSR count). The van der Waals surface area contributed by atoms with Gasteiger partial charge in [0.15, 0.2) is 0 Å². The molecule has 0 nitrogen and oxygen atoms in total. The Hall–Kier alpha value is 0. The molecule has 8 unspecified atom stereocenters. The van der Waals surface area contributed by atoms with Crippen molar-refractivity contribution in [3.05, 3.63) is 0 Å². The Bertz CT molecular complexity index is 438. The van der Waals surface area contributed by atoms with Gasteiger partial charge >= 0.3 is 0 Å². The zero-order valence-corrected chi connectivity index (χ0v) is 29.7. The smallest absolute Gasteiger partial charge is 0.0386 e. The minimum atomic E-state index is 0. The maximum absolute atomic E-state index is 2.42. The van der Waals surface area contributed by atoms with E-state index in [0.717, 1.165) is 88.8 Å². The molecule has 0 radical (unpaired) electrons. The molecule has 0 aliphatic rings. The van der Waals surface area contributed by atoms with Crippen LogP contribution >= 0.6 is 0 Å². The third-order valence-corrected chi connectivity index (χ3v) is 11.3. The van der Waals surface area contributed by atoms with E-state index in [2.05, 4.69) is 145 Å². The van der Waals surface area contributed by atoms with Gasteiger partial charge in [0.05, 0.1) is 0 Å². The minimum Gasteiger partial charge on any atom is -0.0776 e. The molecule has 0 fully saturated rings. The van der Waals surface area contributed by atoms with E-state index in [-0.39, 0.29) is 29.7 Å². The van der Waals surface area contributed by atoms with Crippen LogP contribution in [-0.4, -0.2) is 0 Å². The number of hydrogen-bond acceptors (Lipinski definition) is 0. The first kappa shape index (κ1) is 55.9. The van der Waals surface area contributed by atoms with Crippen LogP contribution in [0.4, 0.5) is 0 Å². The van der Waals surface area contributed by atoms with E-state index in [0.29, 0.717) is 0 Å². The predicted molar refractivity (Wildman–Crippen MR) is 198 cm³/mol. The molecule has 0 spiro atoms. The monoisotopic (exact) mass is 575 g/mol. The summed E-state index contributed by atoms with van der Waals surface area (Å²) in [6, 6.07) is 0. The molecule has 0 N–H and O–H groups in total. The SMILES string of the molecule is C.C.C.C.CC(C)C(C)C(C)C(C)C.CC(C)C(C)C(C)C(C)C(C)C.CC(C)C(C)C(C)C(C)C(C)C(C)C. The minimum absolute atomic E-state index is 0. The first-order valence-corrected chi connectivity index (χ1v) is 16.1. The molecule has 0 amide bonds.